The highest BCUT2D eigenvalue weighted by atomic mass is 19.1. The Kier molecular flexibility index (Phi) is 5.84. The van der Waals surface area contributed by atoms with Crippen molar-refractivity contribution in [3.63, 3.8) is 0 Å². The van der Waals surface area contributed by atoms with Crippen LogP contribution < -0.4 is 15.7 Å². The second kappa shape index (κ2) is 8.47. The maximum atomic E-state index is 13.0. The monoisotopic (exact) mass is 381 g/mol. The first-order valence-electron chi connectivity index (χ1n) is 8.78. The van der Waals surface area contributed by atoms with Crippen LogP contribution in [0.5, 0.6) is 0 Å². The smallest absolute Gasteiger partial charge is 0.257 e. The highest BCUT2D eigenvalue weighted by Gasteiger charge is 2.30. The Hall–Kier alpha value is -3.48. The van der Waals surface area contributed by atoms with Gasteiger partial charge in [-0.05, 0) is 49.2 Å². The number of nitrogens with one attached hydrogen (secondary N) is 2. The van der Waals surface area contributed by atoms with Gasteiger partial charge in [-0.1, -0.05) is 24.3 Å². The third-order valence-electron chi connectivity index (χ3n) is 4.60. The Balaban J connectivity index is 1.77. The van der Waals surface area contributed by atoms with Crippen LogP contribution in [0, 0.1) is 17.7 Å². The molecule has 0 saturated heterocycles. The normalized spacial score (nSPS) is 18.3. The molecule has 0 radical (unpaired) electrons. The maximum absolute atomic E-state index is 13.0. The van der Waals surface area contributed by atoms with E-state index in [4.69, 9.17) is 0 Å². The van der Waals surface area contributed by atoms with Gasteiger partial charge in [0.25, 0.3) is 5.91 Å². The van der Waals surface area contributed by atoms with Gasteiger partial charge in [-0.3, -0.25) is 9.59 Å². The predicted molar refractivity (Wildman–Crippen MR) is 99.8 cm³/mol. The van der Waals surface area contributed by atoms with Crippen molar-refractivity contribution in [3.05, 3.63) is 72.1 Å². The summed E-state index contributed by atoms with van der Waals surface area (Å²) in [6, 6.07) is 11.7. The van der Waals surface area contributed by atoms with Crippen LogP contribution >= 0.6 is 0 Å². The molecule has 0 heterocycles. The van der Waals surface area contributed by atoms with Crippen LogP contribution in [0.2, 0.25) is 0 Å². The quantitative estimate of drug-likeness (QED) is 0.777. The molecule has 0 saturated carbocycles. The zero-order valence-corrected chi connectivity index (χ0v) is 14.9. The summed E-state index contributed by atoms with van der Waals surface area (Å²) in [6.07, 6.45) is 3.99. The summed E-state index contributed by atoms with van der Waals surface area (Å²) in [5.41, 5.74) is 0.872. The molecule has 0 fully saturated rings. The van der Waals surface area contributed by atoms with Crippen molar-refractivity contribution in [1.82, 2.24) is 0 Å². The van der Waals surface area contributed by atoms with Crippen molar-refractivity contribution in [2.45, 2.75) is 12.8 Å². The number of benzene rings is 2. The van der Waals surface area contributed by atoms with Crippen LogP contribution in [0.25, 0.3) is 0 Å². The minimum atomic E-state index is -1.27. The summed E-state index contributed by atoms with van der Waals surface area (Å²) in [7, 11) is 0. The van der Waals surface area contributed by atoms with Crippen LogP contribution in [0.3, 0.4) is 0 Å². The predicted octanol–water partition coefficient (Wildman–Crippen LogP) is 2.35. The summed E-state index contributed by atoms with van der Waals surface area (Å²) >= 11 is 0. The van der Waals surface area contributed by atoms with Gasteiger partial charge in [-0.2, -0.15) is 0 Å². The largest absolute Gasteiger partial charge is 0.550 e. The molecule has 0 aliphatic heterocycles. The number of anilines is 2. The maximum Gasteiger partial charge on any atom is 0.257 e. The van der Waals surface area contributed by atoms with Crippen LogP contribution in [0.1, 0.15) is 23.2 Å². The number of carbonyl (C=O) groups excluding carboxylic acids is 3. The molecular weight excluding hydrogens is 363 g/mol. The molecule has 0 aromatic heterocycles. The third kappa shape index (κ3) is 4.43. The fourth-order valence-electron chi connectivity index (χ4n) is 3.11. The molecule has 2 amide bonds. The first-order valence-corrected chi connectivity index (χ1v) is 8.78. The second-order valence-electron chi connectivity index (χ2n) is 6.47. The number of carboxylic acids is 1. The molecule has 0 unspecified atom stereocenters. The Morgan fingerprint density at radius 2 is 1.54 bits per heavy atom. The third-order valence-corrected chi connectivity index (χ3v) is 4.60. The molecule has 28 heavy (non-hydrogen) atoms. The first kappa shape index (κ1) is 19.3. The molecule has 1 aliphatic carbocycles. The van der Waals surface area contributed by atoms with Crippen molar-refractivity contribution in [1.29, 1.82) is 0 Å². The van der Waals surface area contributed by atoms with Crippen molar-refractivity contribution < 1.29 is 23.9 Å². The van der Waals surface area contributed by atoms with Gasteiger partial charge in [0, 0.05) is 17.6 Å². The Morgan fingerprint density at radius 3 is 2.21 bits per heavy atom. The van der Waals surface area contributed by atoms with E-state index in [-0.39, 0.29) is 24.1 Å². The standard InChI is InChI=1S/C21H19FN2O4/c22-13-9-11-14(12-10-13)23-20(26)17-7-3-4-8-18(17)24-19(25)15-5-1-2-6-16(15)21(27)28/h1-4,7-12,15-16H,5-6H2,(H,23,26)(H,24,25)(H,27,28)/p-1/t15-,16-/m0/s1. The van der Waals surface area contributed by atoms with Gasteiger partial charge in [-0.25, -0.2) is 4.39 Å². The lowest BCUT2D eigenvalue weighted by Crippen LogP contribution is -2.41. The number of carbonyl (C=O) groups is 3. The molecule has 2 N–H and O–H groups in total. The average Bonchev–Trinajstić information content (AvgIpc) is 2.70. The minimum Gasteiger partial charge on any atom is -0.550 e. The molecule has 2 aromatic carbocycles. The lowest BCUT2D eigenvalue weighted by Gasteiger charge is -2.28. The minimum absolute atomic E-state index is 0.205. The van der Waals surface area contributed by atoms with E-state index >= 15 is 0 Å². The van der Waals surface area contributed by atoms with Gasteiger partial charge in [0.1, 0.15) is 5.82 Å². The van der Waals surface area contributed by atoms with E-state index in [1.165, 1.54) is 30.3 Å². The number of carboxylic acid groups (broad SMARTS) is 1. The average molecular weight is 381 g/mol. The lowest BCUT2D eigenvalue weighted by atomic mass is 9.82. The number of rotatable bonds is 5. The number of aliphatic carboxylic acids is 1. The Bertz CT molecular complexity index is 924. The fraction of sp³-hybridized carbons (Fsp3) is 0.190. The summed E-state index contributed by atoms with van der Waals surface area (Å²) in [5, 5.41) is 16.6. The zero-order valence-electron chi connectivity index (χ0n) is 14.9. The molecule has 1 aliphatic rings. The highest BCUT2D eigenvalue weighted by Crippen LogP contribution is 2.27. The van der Waals surface area contributed by atoms with E-state index in [0.717, 1.165) is 0 Å². The first-order chi connectivity index (χ1) is 13.5. The van der Waals surface area contributed by atoms with Gasteiger partial charge in [0.05, 0.1) is 17.2 Å². The molecule has 0 bridgehead atoms. The van der Waals surface area contributed by atoms with Crippen LogP contribution in [-0.2, 0) is 9.59 Å². The molecule has 0 spiro atoms. The summed E-state index contributed by atoms with van der Waals surface area (Å²) in [6.45, 7) is 0. The van der Waals surface area contributed by atoms with Crippen LogP contribution in [0.15, 0.2) is 60.7 Å². The number of amides is 2. The van der Waals surface area contributed by atoms with E-state index in [1.54, 1.807) is 30.4 Å². The molecule has 144 valence electrons. The van der Waals surface area contributed by atoms with E-state index in [0.29, 0.717) is 5.69 Å². The fourth-order valence-corrected chi connectivity index (χ4v) is 3.11. The van der Waals surface area contributed by atoms with Gasteiger partial charge in [0.2, 0.25) is 5.91 Å². The number of hydrogen-bond acceptors (Lipinski definition) is 4. The second-order valence-corrected chi connectivity index (χ2v) is 6.47. The van der Waals surface area contributed by atoms with Crippen LogP contribution in [0.4, 0.5) is 15.8 Å². The van der Waals surface area contributed by atoms with Crippen LogP contribution in [-0.4, -0.2) is 17.8 Å². The van der Waals surface area contributed by atoms with Gasteiger partial charge in [-0.15, -0.1) is 0 Å². The summed E-state index contributed by atoms with van der Waals surface area (Å²) in [4.78, 5) is 36.5. The summed E-state index contributed by atoms with van der Waals surface area (Å²) in [5.74, 6) is -4.35. The van der Waals surface area contributed by atoms with Gasteiger partial charge in [0.15, 0.2) is 0 Å². The van der Waals surface area contributed by atoms with Crippen molar-refractivity contribution in [2.75, 3.05) is 10.6 Å². The van der Waals surface area contributed by atoms with Gasteiger partial charge >= 0.3 is 0 Å². The molecule has 7 heteroatoms. The van der Waals surface area contributed by atoms with Crippen molar-refractivity contribution in [2.24, 2.45) is 11.8 Å². The lowest BCUT2D eigenvalue weighted by molar-refractivity contribution is -0.313. The molecule has 6 nitrogen and oxygen atoms in total. The van der Waals surface area contributed by atoms with E-state index in [9.17, 15) is 23.9 Å². The number of halogens is 1. The molecule has 3 rings (SSSR count). The summed E-state index contributed by atoms with van der Waals surface area (Å²) < 4.78 is 13.0. The van der Waals surface area contributed by atoms with E-state index in [1.807, 2.05) is 0 Å². The number of para-hydroxylation sites is 1. The number of hydrogen-bond donors (Lipinski definition) is 2. The zero-order chi connectivity index (χ0) is 20.1. The van der Waals surface area contributed by atoms with E-state index < -0.39 is 35.4 Å². The molecular formula is C21H18FN2O4-. The SMILES string of the molecule is O=C(Nc1ccc(F)cc1)c1ccccc1NC(=O)[C@H]1CC=CC[C@@H]1C(=O)[O-]. The number of allylic oxidation sites excluding steroid dienone is 2. The van der Waals surface area contributed by atoms with E-state index in [2.05, 4.69) is 10.6 Å². The highest BCUT2D eigenvalue weighted by molar-refractivity contribution is 6.10. The molecule has 2 aromatic rings. The Morgan fingerprint density at radius 1 is 0.893 bits per heavy atom. The van der Waals surface area contributed by atoms with Crippen molar-refractivity contribution >= 4 is 29.2 Å². The van der Waals surface area contributed by atoms with Gasteiger partial charge < -0.3 is 20.5 Å². The Labute approximate surface area is 161 Å². The topological polar surface area (TPSA) is 98.3 Å². The molecule has 2 atom stereocenters. The van der Waals surface area contributed by atoms with Crippen molar-refractivity contribution in [3.8, 4) is 0 Å².